The van der Waals surface area contributed by atoms with Gasteiger partial charge in [-0.3, -0.25) is 14.7 Å². The van der Waals surface area contributed by atoms with Crippen molar-refractivity contribution in [2.75, 3.05) is 26.7 Å². The lowest BCUT2D eigenvalue weighted by molar-refractivity contribution is 0.0325. The highest BCUT2D eigenvalue weighted by Gasteiger charge is 2.34. The van der Waals surface area contributed by atoms with E-state index in [1.54, 1.807) is 23.5 Å². The second-order valence-electron chi connectivity index (χ2n) is 10.7. The van der Waals surface area contributed by atoms with Crippen molar-refractivity contribution in [3.8, 4) is 28.1 Å². The first-order chi connectivity index (χ1) is 19.4. The SMILES string of the molecule is C[C@H](CO)N1C[C@H](C)[C@@H](CN(C)Cc2ccc(-c3ccccc3)cc2)Oc2ncc(-c3cccnc3)cc2C1=O. The van der Waals surface area contributed by atoms with Crippen molar-refractivity contribution in [3.63, 3.8) is 0 Å². The molecule has 0 spiro atoms. The van der Waals surface area contributed by atoms with Gasteiger partial charge in [0.15, 0.2) is 0 Å². The van der Waals surface area contributed by atoms with Crippen molar-refractivity contribution in [1.82, 2.24) is 19.8 Å². The summed E-state index contributed by atoms with van der Waals surface area (Å²) in [6.07, 6.45) is 4.98. The molecule has 1 aliphatic heterocycles. The Kier molecular flexibility index (Phi) is 8.53. The Labute approximate surface area is 236 Å². The number of aromatic nitrogens is 2. The summed E-state index contributed by atoms with van der Waals surface area (Å²) in [5.41, 5.74) is 5.68. The van der Waals surface area contributed by atoms with E-state index in [2.05, 4.69) is 77.4 Å². The molecule has 2 aromatic heterocycles. The van der Waals surface area contributed by atoms with Crippen molar-refractivity contribution >= 4 is 5.91 Å². The summed E-state index contributed by atoms with van der Waals surface area (Å²) in [7, 11) is 2.08. The fraction of sp³-hybridized carbons (Fsp3) is 0.303. The molecule has 0 aliphatic carbocycles. The van der Waals surface area contributed by atoms with Crippen molar-refractivity contribution in [2.24, 2.45) is 5.92 Å². The van der Waals surface area contributed by atoms with Crippen molar-refractivity contribution in [2.45, 2.75) is 32.5 Å². The van der Waals surface area contributed by atoms with Crippen LogP contribution in [0.4, 0.5) is 0 Å². The average molecular weight is 537 g/mol. The quantitative estimate of drug-likeness (QED) is 0.335. The Morgan fingerprint density at radius 3 is 2.42 bits per heavy atom. The monoisotopic (exact) mass is 536 g/mol. The molecule has 2 aromatic carbocycles. The fourth-order valence-electron chi connectivity index (χ4n) is 5.13. The second kappa shape index (κ2) is 12.4. The lowest BCUT2D eigenvalue weighted by Crippen LogP contribution is -2.49. The molecule has 0 bridgehead atoms. The number of carbonyl (C=O) groups is 1. The summed E-state index contributed by atoms with van der Waals surface area (Å²) in [6, 6.07) is 24.3. The van der Waals surface area contributed by atoms with Gasteiger partial charge in [-0.15, -0.1) is 0 Å². The van der Waals surface area contributed by atoms with Crippen molar-refractivity contribution in [1.29, 1.82) is 0 Å². The molecule has 0 fully saturated rings. The lowest BCUT2D eigenvalue weighted by Gasteiger charge is -2.37. The number of likely N-dealkylation sites (N-methyl/N-ethyl adjacent to an activating group) is 1. The number of amides is 1. The summed E-state index contributed by atoms with van der Waals surface area (Å²) < 4.78 is 6.48. The van der Waals surface area contributed by atoms with E-state index in [-0.39, 0.29) is 30.6 Å². The third kappa shape index (κ3) is 6.22. The van der Waals surface area contributed by atoms with Crippen LogP contribution in [0.1, 0.15) is 29.8 Å². The summed E-state index contributed by atoms with van der Waals surface area (Å²) in [5.74, 6) is 0.158. The van der Waals surface area contributed by atoms with E-state index in [4.69, 9.17) is 4.74 Å². The minimum absolute atomic E-state index is 0.0220. The number of rotatable bonds is 8. The van der Waals surface area contributed by atoms with E-state index >= 15 is 0 Å². The van der Waals surface area contributed by atoms with Gasteiger partial charge >= 0.3 is 0 Å². The number of ether oxygens (including phenoxy) is 1. The Morgan fingerprint density at radius 1 is 1.00 bits per heavy atom. The second-order valence-corrected chi connectivity index (χ2v) is 10.7. The number of pyridine rings is 2. The molecule has 1 aliphatic rings. The Balaban J connectivity index is 1.37. The van der Waals surface area contributed by atoms with Gasteiger partial charge in [0.2, 0.25) is 5.88 Å². The number of fused-ring (bicyclic) bond motifs is 1. The van der Waals surface area contributed by atoms with Crippen molar-refractivity contribution < 1.29 is 14.6 Å². The molecule has 0 unspecified atom stereocenters. The first-order valence-electron chi connectivity index (χ1n) is 13.7. The van der Waals surface area contributed by atoms with Gasteiger partial charge in [-0.25, -0.2) is 4.98 Å². The van der Waals surface area contributed by atoms with Crippen LogP contribution in [0.3, 0.4) is 0 Å². The molecule has 4 aromatic rings. The molecule has 3 atom stereocenters. The fourth-order valence-corrected chi connectivity index (χ4v) is 5.13. The topological polar surface area (TPSA) is 78.8 Å². The van der Waals surface area contributed by atoms with Gasteiger partial charge < -0.3 is 14.7 Å². The van der Waals surface area contributed by atoms with E-state index in [9.17, 15) is 9.90 Å². The molecular weight excluding hydrogens is 500 g/mol. The van der Waals surface area contributed by atoms with E-state index < -0.39 is 0 Å². The molecular formula is C33H36N4O3. The Morgan fingerprint density at radius 2 is 1.73 bits per heavy atom. The minimum Gasteiger partial charge on any atom is -0.472 e. The highest BCUT2D eigenvalue weighted by Crippen LogP contribution is 2.30. The summed E-state index contributed by atoms with van der Waals surface area (Å²) in [6.45, 7) is 5.73. The summed E-state index contributed by atoms with van der Waals surface area (Å²) >= 11 is 0. The van der Waals surface area contributed by atoms with Gasteiger partial charge in [-0.05, 0) is 42.8 Å². The molecule has 0 saturated heterocycles. The zero-order valence-electron chi connectivity index (χ0n) is 23.3. The number of aliphatic hydroxyl groups excluding tert-OH is 1. The molecule has 206 valence electrons. The minimum atomic E-state index is -0.329. The van der Waals surface area contributed by atoms with Crippen LogP contribution >= 0.6 is 0 Å². The third-order valence-electron chi connectivity index (χ3n) is 7.52. The van der Waals surface area contributed by atoms with E-state index in [1.165, 1.54) is 16.7 Å². The number of hydrogen-bond acceptors (Lipinski definition) is 6. The van der Waals surface area contributed by atoms with Crippen molar-refractivity contribution in [3.05, 3.63) is 103 Å². The molecule has 7 heteroatoms. The third-order valence-corrected chi connectivity index (χ3v) is 7.52. The van der Waals surface area contributed by atoms with E-state index in [1.807, 2.05) is 31.2 Å². The number of aliphatic hydroxyl groups is 1. The van der Waals surface area contributed by atoms with E-state index in [0.717, 1.165) is 17.7 Å². The molecule has 0 saturated carbocycles. The van der Waals surface area contributed by atoms with Crippen LogP contribution in [0.2, 0.25) is 0 Å². The van der Waals surface area contributed by atoms with Crippen LogP contribution in [0.25, 0.3) is 22.3 Å². The van der Waals surface area contributed by atoms with Gasteiger partial charge in [-0.1, -0.05) is 67.6 Å². The zero-order chi connectivity index (χ0) is 28.1. The highest BCUT2D eigenvalue weighted by molar-refractivity contribution is 5.98. The molecule has 0 radical (unpaired) electrons. The maximum absolute atomic E-state index is 13.7. The van der Waals surface area contributed by atoms with E-state index in [0.29, 0.717) is 24.5 Å². The average Bonchev–Trinajstić information content (AvgIpc) is 2.99. The maximum Gasteiger partial charge on any atom is 0.259 e. The summed E-state index contributed by atoms with van der Waals surface area (Å²) in [5, 5.41) is 9.94. The van der Waals surface area contributed by atoms with Crippen LogP contribution in [0, 0.1) is 5.92 Å². The number of hydrogen-bond donors (Lipinski definition) is 1. The van der Waals surface area contributed by atoms with Crippen LogP contribution in [0.15, 0.2) is 91.4 Å². The largest absolute Gasteiger partial charge is 0.472 e. The Bertz CT molecular complexity index is 1410. The first-order valence-corrected chi connectivity index (χ1v) is 13.7. The van der Waals surface area contributed by atoms with Crippen LogP contribution in [0.5, 0.6) is 5.88 Å². The van der Waals surface area contributed by atoms with Crippen LogP contribution in [-0.4, -0.2) is 69.7 Å². The number of benzene rings is 2. The molecule has 1 amide bonds. The van der Waals surface area contributed by atoms with Gasteiger partial charge in [-0.2, -0.15) is 0 Å². The zero-order valence-corrected chi connectivity index (χ0v) is 23.3. The number of nitrogens with zero attached hydrogens (tertiary/aromatic N) is 4. The molecule has 7 nitrogen and oxygen atoms in total. The predicted octanol–water partition coefficient (Wildman–Crippen LogP) is 5.16. The van der Waals surface area contributed by atoms with Crippen LogP contribution < -0.4 is 4.74 Å². The standard InChI is InChI=1S/C33H36N4O3/c1-23-19-37(24(2)22-38)33(39)30-16-29(28-10-7-15-34-17-28)18-35-32(30)40-31(23)21-36(3)20-25-11-13-27(14-12-25)26-8-5-4-6-9-26/h4-18,23-24,31,38H,19-22H2,1-3H3/t23-,24+,31+/m0/s1. The normalized spacial score (nSPS) is 18.0. The predicted molar refractivity (Wildman–Crippen MR) is 157 cm³/mol. The summed E-state index contributed by atoms with van der Waals surface area (Å²) in [4.78, 5) is 26.5. The number of carbonyl (C=O) groups excluding carboxylic acids is 1. The van der Waals surface area contributed by atoms with Gasteiger partial charge in [0.05, 0.1) is 12.6 Å². The Hall–Kier alpha value is -4.07. The first kappa shape index (κ1) is 27.5. The molecule has 3 heterocycles. The molecule has 1 N–H and O–H groups in total. The van der Waals surface area contributed by atoms with Crippen LogP contribution in [-0.2, 0) is 6.54 Å². The lowest BCUT2D eigenvalue weighted by atomic mass is 9.99. The van der Waals surface area contributed by atoms with Gasteiger partial charge in [0.1, 0.15) is 11.7 Å². The maximum atomic E-state index is 13.7. The highest BCUT2D eigenvalue weighted by atomic mass is 16.5. The molecule has 40 heavy (non-hydrogen) atoms. The van der Waals surface area contributed by atoms with Gasteiger partial charge in [0, 0.05) is 55.3 Å². The smallest absolute Gasteiger partial charge is 0.259 e. The van der Waals surface area contributed by atoms with Gasteiger partial charge in [0.25, 0.3) is 5.91 Å². The molecule has 5 rings (SSSR count).